The number of likely N-dealkylation sites (tertiary alicyclic amines) is 1. The topological polar surface area (TPSA) is 55.8 Å². The second kappa shape index (κ2) is 8.82. The third-order valence-corrected chi connectivity index (χ3v) is 3.64. The van der Waals surface area contributed by atoms with Crippen LogP contribution in [-0.4, -0.2) is 42.8 Å². The van der Waals surface area contributed by atoms with E-state index in [0.29, 0.717) is 19.8 Å². The maximum absolute atomic E-state index is 12.1. The van der Waals surface area contributed by atoms with Crippen molar-refractivity contribution in [2.24, 2.45) is 5.92 Å². The Morgan fingerprint density at radius 3 is 2.30 bits per heavy atom. The molecule has 20 heavy (non-hydrogen) atoms. The number of hydrogen-bond donors (Lipinski definition) is 0. The molecule has 1 rings (SSSR count). The van der Waals surface area contributed by atoms with Gasteiger partial charge in [-0.25, -0.2) is 9.59 Å². The predicted molar refractivity (Wildman–Crippen MR) is 76.4 cm³/mol. The van der Waals surface area contributed by atoms with Gasteiger partial charge in [-0.1, -0.05) is 33.6 Å². The Bertz CT molecular complexity index is 319. The van der Waals surface area contributed by atoms with Crippen molar-refractivity contribution in [3.63, 3.8) is 0 Å². The first kappa shape index (κ1) is 16.8. The molecule has 0 aliphatic carbocycles. The van der Waals surface area contributed by atoms with E-state index < -0.39 is 6.04 Å². The van der Waals surface area contributed by atoms with Gasteiger partial charge in [-0.15, -0.1) is 0 Å². The lowest BCUT2D eigenvalue weighted by Gasteiger charge is -2.24. The number of ether oxygens (including phenoxy) is 2. The third-order valence-electron chi connectivity index (χ3n) is 3.64. The fourth-order valence-corrected chi connectivity index (χ4v) is 2.30. The number of carbonyl (C=O) groups is 2. The minimum Gasteiger partial charge on any atom is -0.464 e. The van der Waals surface area contributed by atoms with Gasteiger partial charge in [-0.2, -0.15) is 0 Å². The summed E-state index contributed by atoms with van der Waals surface area (Å²) in [7, 11) is 0. The van der Waals surface area contributed by atoms with Crippen LogP contribution in [0.25, 0.3) is 0 Å². The van der Waals surface area contributed by atoms with Crippen molar-refractivity contribution >= 4 is 12.1 Å². The molecule has 1 fully saturated rings. The predicted octanol–water partition coefficient (Wildman–Crippen LogP) is 2.98. The van der Waals surface area contributed by atoms with Crippen LogP contribution in [0.4, 0.5) is 4.79 Å². The van der Waals surface area contributed by atoms with Crippen LogP contribution in [0.5, 0.6) is 0 Å². The molecule has 1 aliphatic rings. The van der Waals surface area contributed by atoms with Gasteiger partial charge in [0.25, 0.3) is 0 Å². The zero-order chi connectivity index (χ0) is 15.0. The Labute approximate surface area is 121 Å². The number of rotatable bonds is 7. The minimum absolute atomic E-state index is 0.128. The van der Waals surface area contributed by atoms with E-state index in [-0.39, 0.29) is 18.0 Å². The van der Waals surface area contributed by atoms with E-state index in [0.717, 1.165) is 32.1 Å². The summed E-state index contributed by atoms with van der Waals surface area (Å²) >= 11 is 0. The molecule has 116 valence electrons. The summed E-state index contributed by atoms with van der Waals surface area (Å²) in [6, 6.07) is -0.485. The molecule has 1 heterocycles. The molecule has 0 bridgehead atoms. The van der Waals surface area contributed by atoms with Crippen molar-refractivity contribution in [1.29, 1.82) is 0 Å². The van der Waals surface area contributed by atoms with Crippen LogP contribution in [0.15, 0.2) is 0 Å². The summed E-state index contributed by atoms with van der Waals surface area (Å²) in [5.74, 6) is -0.168. The zero-order valence-electron chi connectivity index (χ0n) is 12.9. The molecule has 5 heteroatoms. The molecule has 1 amide bonds. The lowest BCUT2D eigenvalue weighted by atomic mass is 10.0. The van der Waals surface area contributed by atoms with Gasteiger partial charge >= 0.3 is 12.1 Å². The van der Waals surface area contributed by atoms with Crippen molar-refractivity contribution in [1.82, 2.24) is 4.90 Å². The SMILES string of the molecule is CCCCOC(=O)[C@@H]1[C@H](C)CCN1C(=O)OCCCC. The van der Waals surface area contributed by atoms with E-state index in [2.05, 4.69) is 0 Å². The molecule has 5 nitrogen and oxygen atoms in total. The molecule has 0 spiro atoms. The number of esters is 1. The van der Waals surface area contributed by atoms with Gasteiger partial charge in [0.15, 0.2) is 0 Å². The van der Waals surface area contributed by atoms with Gasteiger partial charge in [0, 0.05) is 6.54 Å². The fourth-order valence-electron chi connectivity index (χ4n) is 2.30. The highest BCUT2D eigenvalue weighted by Gasteiger charge is 2.41. The highest BCUT2D eigenvalue weighted by atomic mass is 16.6. The molecule has 0 radical (unpaired) electrons. The number of unbranched alkanes of at least 4 members (excludes halogenated alkanes) is 2. The summed E-state index contributed by atoms with van der Waals surface area (Å²) in [5.41, 5.74) is 0. The normalized spacial score (nSPS) is 21.9. The molecule has 1 aliphatic heterocycles. The molecule has 2 atom stereocenters. The molecule has 0 aromatic carbocycles. The first-order valence-electron chi connectivity index (χ1n) is 7.71. The third kappa shape index (κ3) is 4.69. The molecule has 0 unspecified atom stereocenters. The van der Waals surface area contributed by atoms with Crippen molar-refractivity contribution in [2.75, 3.05) is 19.8 Å². The van der Waals surface area contributed by atoms with E-state index in [1.54, 1.807) is 0 Å². The summed E-state index contributed by atoms with van der Waals surface area (Å²) in [4.78, 5) is 25.6. The van der Waals surface area contributed by atoms with E-state index in [1.807, 2.05) is 20.8 Å². The van der Waals surface area contributed by atoms with Crippen LogP contribution in [-0.2, 0) is 14.3 Å². The monoisotopic (exact) mass is 285 g/mol. The van der Waals surface area contributed by atoms with E-state index >= 15 is 0 Å². The number of hydrogen-bond acceptors (Lipinski definition) is 4. The van der Waals surface area contributed by atoms with Gasteiger partial charge in [-0.3, -0.25) is 4.90 Å². The van der Waals surface area contributed by atoms with Gasteiger partial charge in [0.2, 0.25) is 0 Å². The molecular formula is C15H27NO4. The maximum Gasteiger partial charge on any atom is 0.410 e. The Balaban J connectivity index is 2.52. The highest BCUT2D eigenvalue weighted by Crippen LogP contribution is 2.25. The number of nitrogens with zero attached hydrogens (tertiary/aromatic N) is 1. The van der Waals surface area contributed by atoms with Gasteiger partial charge < -0.3 is 9.47 Å². The van der Waals surface area contributed by atoms with Crippen LogP contribution >= 0.6 is 0 Å². The summed E-state index contributed by atoms with van der Waals surface area (Å²) in [6.07, 6.45) is 4.09. The quantitative estimate of drug-likeness (QED) is 0.533. The Morgan fingerprint density at radius 1 is 1.10 bits per heavy atom. The Morgan fingerprint density at radius 2 is 1.70 bits per heavy atom. The highest BCUT2D eigenvalue weighted by molar-refractivity contribution is 5.82. The first-order valence-corrected chi connectivity index (χ1v) is 7.71. The second-order valence-corrected chi connectivity index (χ2v) is 5.39. The van der Waals surface area contributed by atoms with Crippen molar-refractivity contribution in [3.8, 4) is 0 Å². The minimum atomic E-state index is -0.485. The molecular weight excluding hydrogens is 258 g/mol. The van der Waals surface area contributed by atoms with Gasteiger partial charge in [0.05, 0.1) is 13.2 Å². The summed E-state index contributed by atoms with van der Waals surface area (Å²) in [6.45, 7) is 7.48. The van der Waals surface area contributed by atoms with Crippen molar-refractivity contribution < 1.29 is 19.1 Å². The Hall–Kier alpha value is -1.26. The standard InChI is InChI=1S/C15H27NO4/c1-4-6-10-19-14(17)13-12(3)8-9-16(13)15(18)20-11-7-5-2/h12-13H,4-11H2,1-3H3/t12-,13+/m1/s1. The van der Waals surface area contributed by atoms with Crippen LogP contribution < -0.4 is 0 Å². The van der Waals surface area contributed by atoms with Crippen LogP contribution in [0, 0.1) is 5.92 Å². The molecule has 0 aromatic heterocycles. The number of carbonyl (C=O) groups excluding carboxylic acids is 2. The average Bonchev–Trinajstić information content (AvgIpc) is 2.81. The van der Waals surface area contributed by atoms with E-state index in [9.17, 15) is 9.59 Å². The molecule has 1 saturated heterocycles. The largest absolute Gasteiger partial charge is 0.464 e. The van der Waals surface area contributed by atoms with Crippen LogP contribution in [0.2, 0.25) is 0 Å². The van der Waals surface area contributed by atoms with Crippen LogP contribution in [0.3, 0.4) is 0 Å². The van der Waals surface area contributed by atoms with Crippen LogP contribution in [0.1, 0.15) is 52.9 Å². The molecule has 0 aromatic rings. The smallest absolute Gasteiger partial charge is 0.410 e. The number of amides is 1. The van der Waals surface area contributed by atoms with Gasteiger partial charge in [0.1, 0.15) is 6.04 Å². The second-order valence-electron chi connectivity index (χ2n) is 5.39. The van der Waals surface area contributed by atoms with Crippen molar-refractivity contribution in [3.05, 3.63) is 0 Å². The van der Waals surface area contributed by atoms with E-state index in [1.165, 1.54) is 4.90 Å². The van der Waals surface area contributed by atoms with E-state index in [4.69, 9.17) is 9.47 Å². The summed E-state index contributed by atoms with van der Waals surface area (Å²) < 4.78 is 10.5. The lowest BCUT2D eigenvalue weighted by Crippen LogP contribution is -2.44. The molecule has 0 N–H and O–H groups in total. The lowest BCUT2D eigenvalue weighted by molar-refractivity contribution is -0.149. The molecule has 0 saturated carbocycles. The summed E-state index contributed by atoms with van der Waals surface area (Å²) in [5, 5.41) is 0. The van der Waals surface area contributed by atoms with Gasteiger partial charge in [-0.05, 0) is 25.2 Å². The maximum atomic E-state index is 12.1. The average molecular weight is 285 g/mol. The first-order chi connectivity index (χ1) is 9.61. The zero-order valence-corrected chi connectivity index (χ0v) is 12.9. The Kier molecular flexibility index (Phi) is 7.41. The van der Waals surface area contributed by atoms with Crippen molar-refractivity contribution in [2.45, 2.75) is 58.9 Å². The fraction of sp³-hybridized carbons (Fsp3) is 0.867.